The third kappa shape index (κ3) is 4.55. The first-order chi connectivity index (χ1) is 14.9. The van der Waals surface area contributed by atoms with Crippen LogP contribution in [0.4, 0.5) is 17.6 Å². The number of halogens is 5. The zero-order chi connectivity index (χ0) is 23.8. The third-order valence-electron chi connectivity index (χ3n) is 4.30. The highest BCUT2D eigenvalue weighted by Crippen LogP contribution is 2.31. The first-order valence-electron chi connectivity index (χ1n) is 8.62. The fraction of sp³-hybridized carbons (Fsp3) is 0.211. The fourth-order valence-corrected chi connectivity index (χ4v) is 3.72. The summed E-state index contributed by atoms with van der Waals surface area (Å²) in [5.74, 6) is -1.80. The lowest BCUT2D eigenvalue weighted by atomic mass is 10.2. The van der Waals surface area contributed by atoms with E-state index >= 15 is 0 Å². The topological polar surface area (TPSA) is 79.5 Å². The number of rotatable bonds is 5. The average Bonchev–Trinajstić information content (AvgIpc) is 3.19. The number of benzene rings is 1. The number of esters is 1. The van der Waals surface area contributed by atoms with Crippen LogP contribution in [0.3, 0.4) is 0 Å². The van der Waals surface area contributed by atoms with Gasteiger partial charge in [-0.1, -0.05) is 11.6 Å². The molecule has 0 bridgehead atoms. The summed E-state index contributed by atoms with van der Waals surface area (Å²) in [6.07, 6.45) is -4.96. The molecule has 0 aliphatic heterocycles. The van der Waals surface area contributed by atoms with Crippen molar-refractivity contribution < 1.29 is 31.8 Å². The van der Waals surface area contributed by atoms with Crippen LogP contribution >= 0.6 is 22.9 Å². The molecule has 0 amide bonds. The monoisotopic (exact) mass is 492 g/mol. The predicted molar refractivity (Wildman–Crippen MR) is 107 cm³/mol. The number of ether oxygens (including phenoxy) is 2. The highest BCUT2D eigenvalue weighted by molar-refractivity contribution is 7.10. The maximum Gasteiger partial charge on any atom is 0.431 e. The zero-order valence-electron chi connectivity index (χ0n) is 16.3. The molecule has 2 heterocycles. The van der Waals surface area contributed by atoms with Gasteiger partial charge in [-0.25, -0.2) is 18.5 Å². The van der Waals surface area contributed by atoms with Crippen LogP contribution in [0.2, 0.25) is 5.02 Å². The van der Waals surface area contributed by atoms with Gasteiger partial charge in [0.05, 0.1) is 23.4 Å². The van der Waals surface area contributed by atoms with Crippen molar-refractivity contribution in [3.05, 3.63) is 77.5 Å². The van der Waals surface area contributed by atoms with Crippen LogP contribution in [0.5, 0.6) is 5.75 Å². The van der Waals surface area contributed by atoms with E-state index in [1.807, 2.05) is 0 Å². The first-order valence-corrected chi connectivity index (χ1v) is 9.88. The van der Waals surface area contributed by atoms with Crippen molar-refractivity contribution in [2.45, 2.75) is 12.8 Å². The Morgan fingerprint density at radius 3 is 2.50 bits per heavy atom. The Hall–Kier alpha value is -3.12. The van der Waals surface area contributed by atoms with E-state index in [1.165, 1.54) is 29.9 Å². The van der Waals surface area contributed by atoms with Crippen molar-refractivity contribution in [2.75, 3.05) is 7.11 Å². The SMILES string of the molecule is COC(=O)c1csc(COc2cc(-n3c(=O)cc(C(F)(F)F)n(C)c3=O)c(F)cc2Cl)c1. The normalized spacial score (nSPS) is 11.5. The molecule has 2 aromatic heterocycles. The molecule has 0 radical (unpaired) electrons. The second-order valence-corrected chi connectivity index (χ2v) is 7.76. The lowest BCUT2D eigenvalue weighted by molar-refractivity contribution is -0.144. The Labute approximate surface area is 186 Å². The van der Waals surface area contributed by atoms with E-state index in [4.69, 9.17) is 16.3 Å². The van der Waals surface area contributed by atoms with Crippen molar-refractivity contribution >= 4 is 28.9 Å². The summed E-state index contributed by atoms with van der Waals surface area (Å²) in [6.45, 7) is -0.105. The number of hydrogen-bond donors (Lipinski definition) is 0. The second kappa shape index (κ2) is 8.79. The van der Waals surface area contributed by atoms with Gasteiger partial charge in [0.15, 0.2) is 0 Å². The van der Waals surface area contributed by atoms with Crippen LogP contribution in [-0.4, -0.2) is 22.2 Å². The summed E-state index contributed by atoms with van der Waals surface area (Å²) in [7, 11) is 2.03. The van der Waals surface area contributed by atoms with Crippen molar-refractivity contribution in [1.82, 2.24) is 9.13 Å². The number of nitrogens with zero attached hydrogens (tertiary/aromatic N) is 2. The summed E-state index contributed by atoms with van der Waals surface area (Å²) in [5.41, 5.74) is -4.60. The van der Waals surface area contributed by atoms with Gasteiger partial charge in [-0.3, -0.25) is 9.36 Å². The summed E-state index contributed by atoms with van der Waals surface area (Å²) in [6, 6.07) is 3.40. The van der Waals surface area contributed by atoms with E-state index in [1.54, 1.807) is 0 Å². The lowest BCUT2D eigenvalue weighted by Crippen LogP contribution is -2.41. The molecule has 0 saturated heterocycles. The molecule has 0 aliphatic rings. The molecule has 7 nitrogen and oxygen atoms in total. The Morgan fingerprint density at radius 1 is 1.19 bits per heavy atom. The first kappa shape index (κ1) is 23.5. The van der Waals surface area contributed by atoms with E-state index in [0.29, 0.717) is 10.4 Å². The highest BCUT2D eigenvalue weighted by Gasteiger charge is 2.35. The molecule has 1 aromatic carbocycles. The Kier molecular flexibility index (Phi) is 6.46. The van der Waals surface area contributed by atoms with Gasteiger partial charge in [0.1, 0.15) is 23.9 Å². The maximum atomic E-state index is 14.5. The van der Waals surface area contributed by atoms with Gasteiger partial charge >= 0.3 is 17.8 Å². The summed E-state index contributed by atoms with van der Waals surface area (Å²) in [4.78, 5) is 36.8. The van der Waals surface area contributed by atoms with E-state index < -0.39 is 40.6 Å². The van der Waals surface area contributed by atoms with Crippen molar-refractivity contribution in [3.8, 4) is 11.4 Å². The smallest absolute Gasteiger partial charge is 0.431 e. The van der Waals surface area contributed by atoms with Gasteiger partial charge in [-0.2, -0.15) is 13.2 Å². The number of alkyl halides is 3. The largest absolute Gasteiger partial charge is 0.486 e. The molecule has 0 saturated carbocycles. The second-order valence-electron chi connectivity index (χ2n) is 6.36. The molecule has 0 fully saturated rings. The van der Waals surface area contributed by atoms with E-state index in [9.17, 15) is 31.9 Å². The number of thiophene rings is 1. The molecule has 32 heavy (non-hydrogen) atoms. The molecule has 0 N–H and O–H groups in total. The van der Waals surface area contributed by atoms with Gasteiger partial charge in [0.25, 0.3) is 5.56 Å². The van der Waals surface area contributed by atoms with Crippen LogP contribution < -0.4 is 16.0 Å². The number of hydrogen-bond acceptors (Lipinski definition) is 6. The summed E-state index contributed by atoms with van der Waals surface area (Å²) in [5, 5.41) is 1.33. The van der Waals surface area contributed by atoms with Gasteiger partial charge in [0, 0.05) is 29.4 Å². The van der Waals surface area contributed by atoms with E-state index in [0.717, 1.165) is 19.2 Å². The van der Waals surface area contributed by atoms with Crippen LogP contribution in [-0.2, 0) is 24.6 Å². The molecule has 0 atom stereocenters. The number of carbonyl (C=O) groups excluding carboxylic acids is 1. The highest BCUT2D eigenvalue weighted by atomic mass is 35.5. The number of aromatic nitrogens is 2. The molecule has 13 heteroatoms. The van der Waals surface area contributed by atoms with Crippen LogP contribution in [0.25, 0.3) is 5.69 Å². The fourth-order valence-electron chi connectivity index (χ4n) is 2.75. The average molecular weight is 493 g/mol. The van der Waals surface area contributed by atoms with Gasteiger partial charge in [-0.15, -0.1) is 11.3 Å². The van der Waals surface area contributed by atoms with Crippen molar-refractivity contribution in [2.24, 2.45) is 7.05 Å². The maximum absolute atomic E-state index is 14.5. The zero-order valence-corrected chi connectivity index (χ0v) is 17.9. The number of methoxy groups -OCH3 is 1. The minimum Gasteiger partial charge on any atom is -0.486 e. The van der Waals surface area contributed by atoms with E-state index in [2.05, 4.69) is 4.74 Å². The minimum absolute atomic E-state index is 0.105. The predicted octanol–water partition coefficient (Wildman–Crippen LogP) is 3.77. The van der Waals surface area contributed by atoms with Crippen molar-refractivity contribution in [1.29, 1.82) is 0 Å². The van der Waals surface area contributed by atoms with Crippen molar-refractivity contribution in [3.63, 3.8) is 0 Å². The van der Waals surface area contributed by atoms with Crippen LogP contribution in [0, 0.1) is 5.82 Å². The molecular weight excluding hydrogens is 480 g/mol. The Bertz CT molecular complexity index is 1310. The van der Waals surface area contributed by atoms with E-state index in [-0.39, 0.29) is 32.6 Å². The quantitative estimate of drug-likeness (QED) is 0.400. The van der Waals surface area contributed by atoms with Crippen LogP contribution in [0.1, 0.15) is 20.9 Å². The molecule has 0 spiro atoms. The third-order valence-corrected chi connectivity index (χ3v) is 5.50. The molecule has 3 aromatic rings. The summed E-state index contributed by atoms with van der Waals surface area (Å²) < 4.78 is 64.1. The van der Waals surface area contributed by atoms with Gasteiger partial charge in [-0.05, 0) is 12.1 Å². The van der Waals surface area contributed by atoms with Crippen LogP contribution in [0.15, 0.2) is 39.2 Å². The molecule has 3 rings (SSSR count). The molecule has 0 unspecified atom stereocenters. The molecule has 0 aliphatic carbocycles. The summed E-state index contributed by atoms with van der Waals surface area (Å²) >= 11 is 7.15. The van der Waals surface area contributed by atoms with Gasteiger partial charge in [0.2, 0.25) is 0 Å². The lowest BCUT2D eigenvalue weighted by Gasteiger charge is -2.15. The number of carbonyl (C=O) groups is 1. The Balaban J connectivity index is 2.00. The Morgan fingerprint density at radius 2 is 1.88 bits per heavy atom. The standard InChI is InChI=1S/C19H13ClF4N2O5S/c1-25-15(19(22,23)24)6-16(27)26(18(25)29)13-5-14(11(20)4-12(13)21)31-7-10-3-9(8-32-10)17(28)30-2/h3-6,8H,7H2,1-2H3. The molecule has 170 valence electrons. The van der Waals surface area contributed by atoms with Gasteiger partial charge < -0.3 is 9.47 Å². The molecular formula is C19H13ClF4N2O5S. The minimum atomic E-state index is -4.96.